The molecular formula is C18H25N3O4. The van der Waals surface area contributed by atoms with Gasteiger partial charge in [-0.1, -0.05) is 0 Å². The summed E-state index contributed by atoms with van der Waals surface area (Å²) in [5.41, 5.74) is 0.811. The molecule has 0 radical (unpaired) electrons. The van der Waals surface area contributed by atoms with Crippen LogP contribution in [0.5, 0.6) is 5.75 Å². The highest BCUT2D eigenvalue weighted by molar-refractivity contribution is 5.96. The summed E-state index contributed by atoms with van der Waals surface area (Å²) in [6, 6.07) is 7.06. The maximum absolute atomic E-state index is 12.3. The average molecular weight is 347 g/mol. The number of ether oxygens (including phenoxy) is 1. The van der Waals surface area contributed by atoms with Gasteiger partial charge in [-0.15, -0.1) is 0 Å². The summed E-state index contributed by atoms with van der Waals surface area (Å²) in [4.78, 5) is 28.0. The number of carbonyl (C=O) groups is 2. The molecule has 0 saturated carbocycles. The summed E-state index contributed by atoms with van der Waals surface area (Å²) in [6.45, 7) is 4.10. The zero-order valence-electron chi connectivity index (χ0n) is 14.5. The molecule has 1 unspecified atom stereocenters. The minimum absolute atomic E-state index is 0.00327. The molecule has 2 aliphatic rings. The highest BCUT2D eigenvalue weighted by atomic mass is 16.5. The van der Waals surface area contributed by atoms with Gasteiger partial charge in [0.05, 0.1) is 18.8 Å². The largest absolute Gasteiger partial charge is 0.494 e. The molecule has 136 valence electrons. The summed E-state index contributed by atoms with van der Waals surface area (Å²) < 4.78 is 5.42. The van der Waals surface area contributed by atoms with Crippen LogP contribution in [0.4, 0.5) is 10.5 Å². The summed E-state index contributed by atoms with van der Waals surface area (Å²) >= 11 is 0. The van der Waals surface area contributed by atoms with Crippen LogP contribution < -0.4 is 15.0 Å². The van der Waals surface area contributed by atoms with Crippen molar-refractivity contribution in [1.29, 1.82) is 0 Å². The van der Waals surface area contributed by atoms with Crippen LogP contribution in [0.2, 0.25) is 0 Å². The topological polar surface area (TPSA) is 82.1 Å². The quantitative estimate of drug-likeness (QED) is 0.862. The Bertz CT molecular complexity index is 611. The Morgan fingerprint density at radius 2 is 1.96 bits per heavy atom. The Labute approximate surface area is 147 Å². The van der Waals surface area contributed by atoms with Gasteiger partial charge in [-0.25, -0.2) is 4.79 Å². The number of piperidine rings is 1. The third-order valence-electron chi connectivity index (χ3n) is 4.66. The van der Waals surface area contributed by atoms with Gasteiger partial charge in [-0.05, 0) is 44.0 Å². The average Bonchev–Trinajstić information content (AvgIpc) is 2.96. The fraction of sp³-hybridized carbons (Fsp3) is 0.556. The minimum atomic E-state index is -0.313. The van der Waals surface area contributed by atoms with E-state index in [4.69, 9.17) is 4.74 Å². The first-order chi connectivity index (χ1) is 12.1. The van der Waals surface area contributed by atoms with E-state index in [0.717, 1.165) is 11.4 Å². The fourth-order valence-corrected chi connectivity index (χ4v) is 3.28. The lowest BCUT2D eigenvalue weighted by molar-refractivity contribution is -0.117. The van der Waals surface area contributed by atoms with Crippen molar-refractivity contribution in [2.45, 2.75) is 38.3 Å². The van der Waals surface area contributed by atoms with Gasteiger partial charge in [0.15, 0.2) is 0 Å². The molecule has 2 aliphatic heterocycles. The molecule has 2 N–H and O–H groups in total. The number of likely N-dealkylation sites (tertiary alicyclic amines) is 1. The molecule has 0 aliphatic carbocycles. The van der Waals surface area contributed by atoms with Crippen LogP contribution in [0.3, 0.4) is 0 Å². The fourth-order valence-electron chi connectivity index (χ4n) is 3.28. The van der Waals surface area contributed by atoms with Crippen molar-refractivity contribution in [2.75, 3.05) is 31.1 Å². The number of anilines is 1. The maximum Gasteiger partial charge on any atom is 0.317 e. The van der Waals surface area contributed by atoms with E-state index in [1.165, 1.54) is 0 Å². The van der Waals surface area contributed by atoms with Gasteiger partial charge in [-0.3, -0.25) is 4.79 Å². The summed E-state index contributed by atoms with van der Waals surface area (Å²) in [7, 11) is 0. The molecule has 2 saturated heterocycles. The van der Waals surface area contributed by atoms with Crippen molar-refractivity contribution < 1.29 is 19.4 Å². The molecule has 1 atom stereocenters. The zero-order chi connectivity index (χ0) is 17.8. The van der Waals surface area contributed by atoms with E-state index < -0.39 is 0 Å². The van der Waals surface area contributed by atoms with Crippen molar-refractivity contribution >= 4 is 17.6 Å². The number of urea groups is 1. The van der Waals surface area contributed by atoms with E-state index in [1.807, 2.05) is 31.2 Å². The van der Waals surface area contributed by atoms with Crippen LogP contribution in [0.15, 0.2) is 24.3 Å². The highest BCUT2D eigenvalue weighted by Crippen LogP contribution is 2.24. The second-order valence-corrected chi connectivity index (χ2v) is 6.50. The zero-order valence-corrected chi connectivity index (χ0v) is 14.5. The Morgan fingerprint density at radius 3 is 2.60 bits per heavy atom. The molecule has 0 bridgehead atoms. The predicted octanol–water partition coefficient (Wildman–Crippen LogP) is 1.36. The Hall–Kier alpha value is -2.28. The third kappa shape index (κ3) is 4.22. The smallest absolute Gasteiger partial charge is 0.317 e. The van der Waals surface area contributed by atoms with Crippen LogP contribution in [0.25, 0.3) is 0 Å². The lowest BCUT2D eigenvalue weighted by Gasteiger charge is -2.30. The van der Waals surface area contributed by atoms with Crippen molar-refractivity contribution in [1.82, 2.24) is 10.2 Å². The number of hydrogen-bond donors (Lipinski definition) is 2. The number of carbonyl (C=O) groups excluding carboxylic acids is 2. The van der Waals surface area contributed by atoms with E-state index in [0.29, 0.717) is 45.5 Å². The molecule has 2 fully saturated rings. The van der Waals surface area contributed by atoms with Gasteiger partial charge in [0.2, 0.25) is 5.91 Å². The lowest BCUT2D eigenvalue weighted by Crippen LogP contribution is -2.49. The molecule has 2 heterocycles. The second-order valence-electron chi connectivity index (χ2n) is 6.50. The highest BCUT2D eigenvalue weighted by Gasteiger charge is 2.33. The minimum Gasteiger partial charge on any atom is -0.494 e. The van der Waals surface area contributed by atoms with Crippen LogP contribution in [-0.2, 0) is 4.79 Å². The Kier molecular flexibility index (Phi) is 5.43. The molecule has 0 spiro atoms. The van der Waals surface area contributed by atoms with Gasteiger partial charge in [0.25, 0.3) is 0 Å². The lowest BCUT2D eigenvalue weighted by atomic mass is 10.1. The molecule has 1 aromatic carbocycles. The Balaban J connectivity index is 1.55. The molecule has 1 aromatic rings. The molecular weight excluding hydrogens is 322 g/mol. The van der Waals surface area contributed by atoms with Crippen molar-refractivity contribution in [2.24, 2.45) is 0 Å². The number of aliphatic hydroxyl groups excluding tert-OH is 1. The number of benzene rings is 1. The van der Waals surface area contributed by atoms with E-state index in [2.05, 4.69) is 5.32 Å². The normalized spacial score (nSPS) is 21.5. The standard InChI is InChI=1S/C18H25N3O4/c1-2-25-16-5-3-14(4-6-16)21-12-13(11-17(21)23)19-18(24)20-9-7-15(22)8-10-20/h3-6,13,15,22H,2,7-12H2,1H3,(H,19,24). The van der Waals surface area contributed by atoms with Gasteiger partial charge in [-0.2, -0.15) is 0 Å². The van der Waals surface area contributed by atoms with Crippen LogP contribution in [-0.4, -0.2) is 60.3 Å². The number of rotatable bonds is 4. The Morgan fingerprint density at radius 1 is 1.28 bits per heavy atom. The summed E-state index contributed by atoms with van der Waals surface area (Å²) in [5.74, 6) is 0.776. The van der Waals surface area contributed by atoms with Crippen LogP contribution in [0.1, 0.15) is 26.2 Å². The van der Waals surface area contributed by atoms with Gasteiger partial charge in [0, 0.05) is 31.7 Å². The maximum atomic E-state index is 12.3. The summed E-state index contributed by atoms with van der Waals surface area (Å²) in [6.07, 6.45) is 1.20. The monoisotopic (exact) mass is 347 g/mol. The van der Waals surface area contributed by atoms with E-state index in [1.54, 1.807) is 9.80 Å². The van der Waals surface area contributed by atoms with Gasteiger partial charge in [0.1, 0.15) is 5.75 Å². The first-order valence-corrected chi connectivity index (χ1v) is 8.83. The number of amides is 3. The number of nitrogens with one attached hydrogen (secondary N) is 1. The van der Waals surface area contributed by atoms with Gasteiger partial charge < -0.3 is 25.0 Å². The predicted molar refractivity (Wildman–Crippen MR) is 93.7 cm³/mol. The molecule has 3 rings (SSSR count). The van der Waals surface area contributed by atoms with E-state index in [9.17, 15) is 14.7 Å². The van der Waals surface area contributed by atoms with Crippen molar-refractivity contribution in [3.8, 4) is 5.75 Å². The second kappa shape index (κ2) is 7.74. The molecule has 25 heavy (non-hydrogen) atoms. The van der Waals surface area contributed by atoms with Crippen LogP contribution >= 0.6 is 0 Å². The molecule has 0 aromatic heterocycles. The van der Waals surface area contributed by atoms with E-state index in [-0.39, 0.29) is 24.1 Å². The van der Waals surface area contributed by atoms with E-state index >= 15 is 0 Å². The first-order valence-electron chi connectivity index (χ1n) is 8.83. The summed E-state index contributed by atoms with van der Waals surface area (Å²) in [5, 5.41) is 12.5. The number of hydrogen-bond acceptors (Lipinski definition) is 4. The first kappa shape index (κ1) is 17.5. The third-order valence-corrected chi connectivity index (χ3v) is 4.66. The van der Waals surface area contributed by atoms with Crippen molar-refractivity contribution in [3.05, 3.63) is 24.3 Å². The van der Waals surface area contributed by atoms with Crippen LogP contribution in [0, 0.1) is 0 Å². The molecule has 7 heteroatoms. The number of aliphatic hydroxyl groups is 1. The number of nitrogens with zero attached hydrogens (tertiary/aromatic N) is 2. The van der Waals surface area contributed by atoms with Gasteiger partial charge >= 0.3 is 6.03 Å². The SMILES string of the molecule is CCOc1ccc(N2CC(NC(=O)N3CCC(O)CC3)CC2=O)cc1. The van der Waals surface area contributed by atoms with Crippen molar-refractivity contribution in [3.63, 3.8) is 0 Å². The molecule has 3 amide bonds. The molecule has 7 nitrogen and oxygen atoms in total.